The molecule has 0 aliphatic heterocycles. The minimum Gasteiger partial charge on any atom is -0.476 e. The summed E-state index contributed by atoms with van der Waals surface area (Å²) >= 11 is 5.61. The highest BCUT2D eigenvalue weighted by atomic mass is 35.5. The number of rotatable bonds is 4. The molecule has 1 aromatic heterocycles. The van der Waals surface area contributed by atoms with Crippen LogP contribution in [0.1, 0.15) is 5.56 Å². The summed E-state index contributed by atoms with van der Waals surface area (Å²) in [6, 6.07) is 13.5. The third-order valence-electron chi connectivity index (χ3n) is 2.09. The monoisotopic (exact) mass is 234 g/mol. The van der Waals surface area contributed by atoms with Crippen molar-refractivity contribution in [3.8, 4) is 5.88 Å². The Balaban J connectivity index is 1.82. The lowest BCUT2D eigenvalue weighted by Gasteiger charge is -2.04. The van der Waals surface area contributed by atoms with E-state index in [1.165, 1.54) is 5.56 Å². The van der Waals surface area contributed by atoms with Gasteiger partial charge in [0.1, 0.15) is 0 Å². The second kappa shape index (κ2) is 5.47. The molecule has 0 aliphatic carbocycles. The molecule has 0 radical (unpaired) electrons. The van der Waals surface area contributed by atoms with E-state index in [-0.39, 0.29) is 0 Å². The van der Waals surface area contributed by atoms with Crippen LogP contribution in [0.25, 0.3) is 0 Å². The molecular weight excluding hydrogens is 224 g/mol. The maximum absolute atomic E-state index is 5.61. The molecule has 0 saturated carbocycles. The zero-order chi connectivity index (χ0) is 11.2. The van der Waals surface area contributed by atoms with Crippen molar-refractivity contribution in [2.24, 2.45) is 0 Å². The highest BCUT2D eigenvalue weighted by molar-refractivity contribution is 6.29. The van der Waals surface area contributed by atoms with Crippen molar-refractivity contribution >= 4 is 11.6 Å². The molecular formula is C12H11ClN2O. The molecule has 0 fully saturated rings. The first-order chi connectivity index (χ1) is 7.84. The maximum Gasteiger partial charge on any atom is 0.233 e. The molecule has 0 amide bonds. The van der Waals surface area contributed by atoms with Gasteiger partial charge < -0.3 is 4.74 Å². The van der Waals surface area contributed by atoms with Crippen LogP contribution >= 0.6 is 11.6 Å². The molecule has 0 saturated heterocycles. The van der Waals surface area contributed by atoms with Gasteiger partial charge in [0.05, 0.1) is 6.61 Å². The Morgan fingerprint density at radius 2 is 1.81 bits per heavy atom. The van der Waals surface area contributed by atoms with E-state index in [0.717, 1.165) is 6.42 Å². The lowest BCUT2D eigenvalue weighted by molar-refractivity contribution is 0.306. The third-order valence-corrected chi connectivity index (χ3v) is 2.29. The summed E-state index contributed by atoms with van der Waals surface area (Å²) in [6.45, 7) is 0.584. The van der Waals surface area contributed by atoms with Gasteiger partial charge in [0.2, 0.25) is 5.88 Å². The number of hydrogen-bond donors (Lipinski definition) is 0. The molecule has 4 heteroatoms. The number of ether oxygens (including phenoxy) is 1. The lowest BCUT2D eigenvalue weighted by Crippen LogP contribution is -2.03. The largest absolute Gasteiger partial charge is 0.476 e. The van der Waals surface area contributed by atoms with E-state index in [4.69, 9.17) is 16.3 Å². The van der Waals surface area contributed by atoms with Gasteiger partial charge in [-0.1, -0.05) is 41.9 Å². The highest BCUT2D eigenvalue weighted by Gasteiger charge is 1.97. The van der Waals surface area contributed by atoms with Crippen molar-refractivity contribution in [3.63, 3.8) is 0 Å². The van der Waals surface area contributed by atoms with Crippen LogP contribution in [0.4, 0.5) is 0 Å². The fourth-order valence-corrected chi connectivity index (χ4v) is 1.40. The predicted molar refractivity (Wildman–Crippen MR) is 62.7 cm³/mol. The van der Waals surface area contributed by atoms with E-state index in [9.17, 15) is 0 Å². The van der Waals surface area contributed by atoms with E-state index in [0.29, 0.717) is 17.6 Å². The second-order valence-corrected chi connectivity index (χ2v) is 3.67. The zero-order valence-corrected chi connectivity index (χ0v) is 9.39. The van der Waals surface area contributed by atoms with E-state index < -0.39 is 0 Å². The molecule has 1 aromatic carbocycles. The molecule has 0 atom stereocenters. The van der Waals surface area contributed by atoms with E-state index in [1.807, 2.05) is 18.2 Å². The van der Waals surface area contributed by atoms with Gasteiger partial charge in [0, 0.05) is 12.5 Å². The van der Waals surface area contributed by atoms with Gasteiger partial charge in [0.25, 0.3) is 0 Å². The van der Waals surface area contributed by atoms with Gasteiger partial charge in [-0.25, -0.2) is 0 Å². The summed E-state index contributed by atoms with van der Waals surface area (Å²) in [7, 11) is 0. The Labute approximate surface area is 99.0 Å². The van der Waals surface area contributed by atoms with Crippen molar-refractivity contribution < 1.29 is 4.74 Å². The van der Waals surface area contributed by atoms with Gasteiger partial charge in [-0.15, -0.1) is 10.2 Å². The standard InChI is InChI=1S/C12H11ClN2O/c13-11-6-7-12(15-14-11)16-9-8-10-4-2-1-3-5-10/h1-7H,8-9H2. The Morgan fingerprint density at radius 3 is 2.50 bits per heavy atom. The van der Waals surface area contributed by atoms with E-state index >= 15 is 0 Å². The minimum absolute atomic E-state index is 0.371. The molecule has 0 aliphatic rings. The molecule has 2 aromatic rings. The normalized spacial score (nSPS) is 10.1. The first-order valence-corrected chi connectivity index (χ1v) is 5.38. The third kappa shape index (κ3) is 3.21. The van der Waals surface area contributed by atoms with Crippen LogP contribution < -0.4 is 4.74 Å². The van der Waals surface area contributed by atoms with Crippen LogP contribution in [-0.2, 0) is 6.42 Å². The molecule has 16 heavy (non-hydrogen) atoms. The molecule has 2 rings (SSSR count). The van der Waals surface area contributed by atoms with Crippen LogP contribution in [0, 0.1) is 0 Å². The number of hydrogen-bond acceptors (Lipinski definition) is 3. The number of benzene rings is 1. The molecule has 0 N–H and O–H groups in total. The summed E-state index contributed by atoms with van der Waals surface area (Å²) in [4.78, 5) is 0. The molecule has 0 spiro atoms. The van der Waals surface area contributed by atoms with E-state index in [1.54, 1.807) is 12.1 Å². The van der Waals surface area contributed by atoms with Gasteiger partial charge >= 0.3 is 0 Å². The first-order valence-electron chi connectivity index (χ1n) is 5.00. The molecule has 82 valence electrons. The number of aromatic nitrogens is 2. The van der Waals surface area contributed by atoms with Crippen LogP contribution in [0.2, 0.25) is 5.15 Å². The van der Waals surface area contributed by atoms with Crippen LogP contribution in [0.3, 0.4) is 0 Å². The van der Waals surface area contributed by atoms with Crippen LogP contribution in [0.5, 0.6) is 5.88 Å². The zero-order valence-electron chi connectivity index (χ0n) is 8.64. The average Bonchev–Trinajstić information content (AvgIpc) is 2.33. The summed E-state index contributed by atoms with van der Waals surface area (Å²) in [5.74, 6) is 0.500. The molecule has 0 bridgehead atoms. The summed E-state index contributed by atoms with van der Waals surface area (Å²) in [6.07, 6.45) is 0.852. The van der Waals surface area contributed by atoms with Crippen molar-refractivity contribution in [1.82, 2.24) is 10.2 Å². The minimum atomic E-state index is 0.371. The van der Waals surface area contributed by atoms with Crippen molar-refractivity contribution in [2.75, 3.05) is 6.61 Å². The van der Waals surface area contributed by atoms with Crippen LogP contribution in [-0.4, -0.2) is 16.8 Å². The fraction of sp³-hybridized carbons (Fsp3) is 0.167. The fourth-order valence-electron chi connectivity index (χ4n) is 1.30. The summed E-state index contributed by atoms with van der Waals surface area (Å²) < 4.78 is 5.43. The Kier molecular flexibility index (Phi) is 3.72. The molecule has 0 unspecified atom stereocenters. The van der Waals surface area contributed by atoms with Crippen molar-refractivity contribution in [3.05, 3.63) is 53.2 Å². The van der Waals surface area contributed by atoms with Crippen molar-refractivity contribution in [2.45, 2.75) is 6.42 Å². The van der Waals surface area contributed by atoms with Gasteiger partial charge in [-0.3, -0.25) is 0 Å². The van der Waals surface area contributed by atoms with Gasteiger partial charge in [0.15, 0.2) is 5.15 Å². The Hall–Kier alpha value is -1.61. The second-order valence-electron chi connectivity index (χ2n) is 3.28. The average molecular weight is 235 g/mol. The smallest absolute Gasteiger partial charge is 0.233 e. The first kappa shape index (κ1) is 10.9. The predicted octanol–water partition coefficient (Wildman–Crippen LogP) is 2.75. The quantitative estimate of drug-likeness (QED) is 0.816. The van der Waals surface area contributed by atoms with Crippen molar-refractivity contribution in [1.29, 1.82) is 0 Å². The van der Waals surface area contributed by atoms with Crippen LogP contribution in [0.15, 0.2) is 42.5 Å². The molecule has 3 nitrogen and oxygen atoms in total. The maximum atomic E-state index is 5.61. The van der Waals surface area contributed by atoms with Gasteiger partial charge in [-0.2, -0.15) is 0 Å². The summed E-state index contributed by atoms with van der Waals surface area (Å²) in [5.41, 5.74) is 1.24. The lowest BCUT2D eigenvalue weighted by atomic mass is 10.2. The highest BCUT2D eigenvalue weighted by Crippen LogP contribution is 2.08. The Bertz CT molecular complexity index is 431. The van der Waals surface area contributed by atoms with Gasteiger partial charge in [-0.05, 0) is 11.6 Å². The Morgan fingerprint density at radius 1 is 1.00 bits per heavy atom. The topological polar surface area (TPSA) is 35.0 Å². The van der Waals surface area contributed by atoms with E-state index in [2.05, 4.69) is 22.3 Å². The summed E-state index contributed by atoms with van der Waals surface area (Å²) in [5, 5.41) is 7.87. The molecule has 1 heterocycles. The number of halogens is 1. The number of nitrogens with zero attached hydrogens (tertiary/aromatic N) is 2. The SMILES string of the molecule is Clc1ccc(OCCc2ccccc2)nn1.